The molecule has 0 fully saturated rings. The van der Waals surface area contributed by atoms with E-state index in [1.54, 1.807) is 35.2 Å². The van der Waals surface area contributed by atoms with Crippen LogP contribution in [0.15, 0.2) is 62.2 Å². The standard InChI is InChI=1S/C27H21BrClNO5/c1-13-8-17-20(9-14(13)2)35-26-22(24(17)31)23(16-10-18(28)25(32)21(11-16)34-3)30(27(26)33)12-15-6-4-5-7-19(15)29/h4-11,23,32H,12H2,1-3H3. The van der Waals surface area contributed by atoms with E-state index >= 15 is 0 Å². The van der Waals surface area contributed by atoms with Crippen LogP contribution in [0.3, 0.4) is 0 Å². The number of hydrogen-bond acceptors (Lipinski definition) is 5. The monoisotopic (exact) mass is 553 g/mol. The number of rotatable bonds is 4. The van der Waals surface area contributed by atoms with Crippen LogP contribution in [-0.2, 0) is 6.54 Å². The zero-order valence-electron chi connectivity index (χ0n) is 19.2. The molecule has 0 spiro atoms. The third-order valence-corrected chi connectivity index (χ3v) is 7.44. The molecule has 0 aliphatic carbocycles. The van der Waals surface area contributed by atoms with Gasteiger partial charge in [-0.2, -0.15) is 0 Å². The molecule has 5 rings (SSSR count). The molecular formula is C27H21BrClNO5. The van der Waals surface area contributed by atoms with E-state index in [-0.39, 0.29) is 34.8 Å². The number of phenols is 1. The summed E-state index contributed by atoms with van der Waals surface area (Å²) in [5, 5.41) is 11.3. The molecule has 0 saturated heterocycles. The van der Waals surface area contributed by atoms with Crippen molar-refractivity contribution in [1.82, 2.24) is 4.90 Å². The normalized spacial score (nSPS) is 15.1. The van der Waals surface area contributed by atoms with Crippen LogP contribution in [0.1, 0.15) is 44.4 Å². The van der Waals surface area contributed by atoms with Gasteiger partial charge in [-0.1, -0.05) is 29.8 Å². The number of halogens is 2. The Kier molecular flexibility index (Phi) is 5.85. The van der Waals surface area contributed by atoms with Gasteiger partial charge in [0.2, 0.25) is 5.76 Å². The van der Waals surface area contributed by atoms with Gasteiger partial charge in [-0.05, 0) is 82.4 Å². The molecule has 4 aromatic rings. The average Bonchev–Trinajstić information content (AvgIpc) is 3.10. The second-order valence-electron chi connectivity index (χ2n) is 8.59. The number of methoxy groups -OCH3 is 1. The predicted molar refractivity (Wildman–Crippen MR) is 137 cm³/mol. The minimum atomic E-state index is -0.776. The first-order valence-corrected chi connectivity index (χ1v) is 12.1. The highest BCUT2D eigenvalue weighted by Crippen LogP contribution is 2.44. The molecule has 1 amide bonds. The topological polar surface area (TPSA) is 80.0 Å². The fourth-order valence-electron chi connectivity index (χ4n) is 4.50. The molecule has 3 aromatic carbocycles. The molecule has 1 unspecified atom stereocenters. The molecule has 6 nitrogen and oxygen atoms in total. The third kappa shape index (κ3) is 3.79. The summed E-state index contributed by atoms with van der Waals surface area (Å²) in [6, 6.07) is 13.3. The average molecular weight is 555 g/mol. The largest absolute Gasteiger partial charge is 0.503 e. The SMILES string of the molecule is COc1cc(C2c3c(oc4cc(C)c(C)cc4c3=O)C(=O)N2Cc2ccccc2Cl)cc(Br)c1O. The summed E-state index contributed by atoms with van der Waals surface area (Å²) in [4.78, 5) is 29.1. The first-order chi connectivity index (χ1) is 16.7. The molecule has 35 heavy (non-hydrogen) atoms. The smallest absolute Gasteiger partial charge is 0.291 e. The molecule has 1 aliphatic rings. The van der Waals surface area contributed by atoms with Crippen LogP contribution >= 0.6 is 27.5 Å². The van der Waals surface area contributed by atoms with Crippen LogP contribution in [0.25, 0.3) is 11.0 Å². The summed E-state index contributed by atoms with van der Waals surface area (Å²) in [6.45, 7) is 4.01. The number of amides is 1. The second kappa shape index (κ2) is 8.73. The summed E-state index contributed by atoms with van der Waals surface area (Å²) in [5.74, 6) is -0.268. The summed E-state index contributed by atoms with van der Waals surface area (Å²) in [7, 11) is 1.44. The fourth-order valence-corrected chi connectivity index (χ4v) is 5.16. The van der Waals surface area contributed by atoms with Gasteiger partial charge < -0.3 is 19.2 Å². The number of nitrogens with zero attached hydrogens (tertiary/aromatic N) is 1. The molecule has 178 valence electrons. The Morgan fingerprint density at radius 1 is 1.11 bits per heavy atom. The Hall–Kier alpha value is -3.29. The number of fused-ring (bicyclic) bond motifs is 2. The predicted octanol–water partition coefficient (Wildman–Crippen LogP) is 6.29. The van der Waals surface area contributed by atoms with Gasteiger partial charge in [-0.3, -0.25) is 9.59 Å². The minimum absolute atomic E-state index is 0.00553. The highest BCUT2D eigenvalue weighted by atomic mass is 79.9. The molecule has 0 radical (unpaired) electrons. The molecule has 8 heteroatoms. The van der Waals surface area contributed by atoms with Crippen molar-refractivity contribution in [2.24, 2.45) is 0 Å². The third-order valence-electron chi connectivity index (χ3n) is 6.47. The van der Waals surface area contributed by atoms with Gasteiger partial charge in [0.05, 0.1) is 28.6 Å². The lowest BCUT2D eigenvalue weighted by atomic mass is 9.97. The maximum atomic E-state index is 13.8. The van der Waals surface area contributed by atoms with Gasteiger partial charge in [0.1, 0.15) is 5.58 Å². The van der Waals surface area contributed by atoms with Gasteiger partial charge in [0.15, 0.2) is 16.9 Å². The number of aryl methyl sites for hydroxylation is 2. The fraction of sp³-hybridized carbons (Fsp3) is 0.185. The van der Waals surface area contributed by atoms with E-state index in [4.69, 9.17) is 20.8 Å². The quantitative estimate of drug-likeness (QED) is 0.321. The van der Waals surface area contributed by atoms with E-state index in [1.807, 2.05) is 32.0 Å². The molecular weight excluding hydrogens is 534 g/mol. The van der Waals surface area contributed by atoms with Crippen molar-refractivity contribution >= 4 is 44.4 Å². The summed E-state index contributed by atoms with van der Waals surface area (Å²) < 4.78 is 11.8. The first-order valence-electron chi connectivity index (χ1n) is 10.9. The Morgan fingerprint density at radius 2 is 1.83 bits per heavy atom. The van der Waals surface area contributed by atoms with E-state index in [2.05, 4.69) is 15.9 Å². The van der Waals surface area contributed by atoms with E-state index < -0.39 is 11.9 Å². The highest BCUT2D eigenvalue weighted by Gasteiger charge is 2.43. The van der Waals surface area contributed by atoms with Gasteiger partial charge >= 0.3 is 0 Å². The van der Waals surface area contributed by atoms with Crippen LogP contribution in [0, 0.1) is 13.8 Å². The maximum absolute atomic E-state index is 13.8. The summed E-state index contributed by atoms with van der Waals surface area (Å²) >= 11 is 9.77. The van der Waals surface area contributed by atoms with Crippen LogP contribution in [0.2, 0.25) is 5.02 Å². The van der Waals surface area contributed by atoms with Crippen molar-refractivity contribution in [2.75, 3.05) is 7.11 Å². The van der Waals surface area contributed by atoms with Crippen LogP contribution in [-0.4, -0.2) is 23.0 Å². The van der Waals surface area contributed by atoms with Gasteiger partial charge in [0, 0.05) is 11.6 Å². The van der Waals surface area contributed by atoms with Crippen molar-refractivity contribution < 1.29 is 19.1 Å². The molecule has 1 aromatic heterocycles. The molecule has 0 bridgehead atoms. The Bertz CT molecular complexity index is 1580. The lowest BCUT2D eigenvalue weighted by Gasteiger charge is -2.26. The first kappa shape index (κ1) is 23.5. The molecule has 2 heterocycles. The van der Waals surface area contributed by atoms with E-state index in [0.29, 0.717) is 26.0 Å². The number of hydrogen-bond donors (Lipinski definition) is 1. The van der Waals surface area contributed by atoms with E-state index in [0.717, 1.165) is 16.7 Å². The van der Waals surface area contributed by atoms with Crippen LogP contribution in [0.4, 0.5) is 0 Å². The zero-order valence-corrected chi connectivity index (χ0v) is 21.5. The minimum Gasteiger partial charge on any atom is -0.503 e. The molecule has 1 atom stereocenters. The number of benzene rings is 3. The number of aromatic hydroxyl groups is 1. The van der Waals surface area contributed by atoms with Crippen molar-refractivity contribution in [2.45, 2.75) is 26.4 Å². The van der Waals surface area contributed by atoms with Gasteiger partial charge in [0.25, 0.3) is 5.91 Å². The van der Waals surface area contributed by atoms with Crippen LogP contribution < -0.4 is 10.2 Å². The number of carbonyl (C=O) groups is 1. The highest BCUT2D eigenvalue weighted by molar-refractivity contribution is 9.10. The number of carbonyl (C=O) groups excluding carboxylic acids is 1. The summed E-state index contributed by atoms with van der Waals surface area (Å²) in [5.41, 5.74) is 3.57. The maximum Gasteiger partial charge on any atom is 0.291 e. The Labute approximate surface area is 214 Å². The van der Waals surface area contributed by atoms with Crippen molar-refractivity contribution in [1.29, 1.82) is 0 Å². The Morgan fingerprint density at radius 3 is 2.54 bits per heavy atom. The van der Waals surface area contributed by atoms with Gasteiger partial charge in [-0.25, -0.2) is 0 Å². The lowest BCUT2D eigenvalue weighted by Crippen LogP contribution is -2.29. The Balaban J connectivity index is 1.79. The molecule has 0 saturated carbocycles. The van der Waals surface area contributed by atoms with Crippen molar-refractivity contribution in [3.05, 3.63) is 102 Å². The van der Waals surface area contributed by atoms with E-state index in [9.17, 15) is 14.7 Å². The van der Waals surface area contributed by atoms with Crippen molar-refractivity contribution in [3.8, 4) is 11.5 Å². The number of phenolic OH excluding ortho intramolecular Hbond substituents is 1. The summed E-state index contributed by atoms with van der Waals surface area (Å²) in [6.07, 6.45) is 0. The lowest BCUT2D eigenvalue weighted by molar-refractivity contribution is 0.0714. The zero-order chi connectivity index (χ0) is 25.0. The van der Waals surface area contributed by atoms with Gasteiger partial charge in [-0.15, -0.1) is 0 Å². The molecule has 1 aliphatic heterocycles. The van der Waals surface area contributed by atoms with Crippen molar-refractivity contribution in [3.63, 3.8) is 0 Å². The number of ether oxygens (including phenoxy) is 1. The molecule has 1 N–H and O–H groups in total. The second-order valence-corrected chi connectivity index (χ2v) is 9.85. The van der Waals surface area contributed by atoms with Crippen LogP contribution in [0.5, 0.6) is 11.5 Å². The van der Waals surface area contributed by atoms with E-state index in [1.165, 1.54) is 7.11 Å².